The zero-order valence-corrected chi connectivity index (χ0v) is 13.4. The summed E-state index contributed by atoms with van der Waals surface area (Å²) in [6, 6.07) is 6.26. The average Bonchev–Trinajstić information content (AvgIpc) is 2.91. The molecule has 0 atom stereocenters. The molecular weight excluding hydrogens is 306 g/mol. The van der Waals surface area contributed by atoms with Crippen molar-refractivity contribution in [2.24, 2.45) is 7.05 Å². The molecule has 7 nitrogen and oxygen atoms in total. The van der Waals surface area contributed by atoms with Crippen LogP contribution in [0.1, 0.15) is 6.42 Å². The van der Waals surface area contributed by atoms with E-state index in [-0.39, 0.29) is 11.4 Å². The van der Waals surface area contributed by atoms with Crippen molar-refractivity contribution in [1.29, 1.82) is 0 Å². The number of sulfonamides is 1. The molecule has 0 aliphatic rings. The molecule has 0 unspecified atom stereocenters. The van der Waals surface area contributed by atoms with E-state index in [0.717, 1.165) is 0 Å². The van der Waals surface area contributed by atoms with Gasteiger partial charge in [-0.3, -0.25) is 5.21 Å². The van der Waals surface area contributed by atoms with E-state index in [1.165, 1.54) is 19.2 Å². The van der Waals surface area contributed by atoms with Gasteiger partial charge in [-0.2, -0.15) is 0 Å². The summed E-state index contributed by atoms with van der Waals surface area (Å²) >= 11 is 0. The molecule has 0 amide bonds. The summed E-state index contributed by atoms with van der Waals surface area (Å²) < 4.78 is 33.4. The molecule has 0 saturated heterocycles. The zero-order valence-electron chi connectivity index (χ0n) is 12.6. The molecule has 22 heavy (non-hydrogen) atoms. The van der Waals surface area contributed by atoms with Gasteiger partial charge in [0, 0.05) is 12.5 Å². The molecule has 0 radical (unpaired) electrons. The molecule has 0 saturated carbocycles. The van der Waals surface area contributed by atoms with Gasteiger partial charge in [0.1, 0.15) is 18.1 Å². The summed E-state index contributed by atoms with van der Waals surface area (Å²) in [5.74, 6) is 0.328. The van der Waals surface area contributed by atoms with Crippen LogP contribution in [0.15, 0.2) is 43.0 Å². The van der Waals surface area contributed by atoms with Crippen LogP contribution in [0.25, 0.3) is 0 Å². The van der Waals surface area contributed by atoms with E-state index in [1.807, 2.05) is 34.9 Å². The Morgan fingerprint density at radius 3 is 2.82 bits per heavy atom. The van der Waals surface area contributed by atoms with Crippen LogP contribution in [-0.4, -0.2) is 31.1 Å². The number of benzene rings is 1. The molecule has 0 aliphatic carbocycles. The van der Waals surface area contributed by atoms with Crippen LogP contribution in [-0.2, 0) is 23.6 Å². The van der Waals surface area contributed by atoms with Gasteiger partial charge in [0.15, 0.2) is 0 Å². The summed E-state index contributed by atoms with van der Waals surface area (Å²) in [6.45, 7) is 0.562. The quantitative estimate of drug-likeness (QED) is 0.607. The first-order valence-electron chi connectivity index (χ1n) is 6.79. The number of ether oxygens (including phenoxy) is 1. The van der Waals surface area contributed by atoms with Crippen LogP contribution in [0, 0.1) is 0 Å². The second-order valence-corrected chi connectivity index (χ2v) is 6.85. The number of rotatable bonds is 7. The lowest BCUT2D eigenvalue weighted by Crippen LogP contribution is -2.30. The number of imidazole rings is 1. The van der Waals surface area contributed by atoms with Gasteiger partial charge in [-0.25, -0.2) is 17.6 Å². The first-order chi connectivity index (χ1) is 10.4. The minimum atomic E-state index is -3.79. The fourth-order valence-corrected chi connectivity index (χ4v) is 3.14. The molecule has 8 heteroatoms. The molecule has 1 heterocycles. The fraction of sp³-hybridized carbons (Fsp3) is 0.357. The van der Waals surface area contributed by atoms with Gasteiger partial charge in [-0.05, 0) is 12.1 Å². The van der Waals surface area contributed by atoms with Gasteiger partial charge in [0.05, 0.1) is 32.1 Å². The Hall–Kier alpha value is -2.06. The Morgan fingerprint density at radius 1 is 1.41 bits per heavy atom. The van der Waals surface area contributed by atoms with Crippen molar-refractivity contribution in [1.82, 2.24) is 4.57 Å². The second kappa shape index (κ2) is 6.80. The monoisotopic (exact) mass is 326 g/mol. The number of hydrogen-bond donors (Lipinski definition) is 1. The third-order valence-corrected chi connectivity index (χ3v) is 4.72. The lowest BCUT2D eigenvalue weighted by Gasteiger charge is -2.17. The number of nitrogens with zero attached hydrogens (tertiary/aromatic N) is 3. The predicted molar refractivity (Wildman–Crippen MR) is 81.3 cm³/mol. The Bertz CT molecular complexity index is 727. The summed E-state index contributed by atoms with van der Waals surface area (Å²) in [4.78, 5) is 0. The van der Waals surface area contributed by atoms with E-state index in [0.29, 0.717) is 23.2 Å². The van der Waals surface area contributed by atoms with Crippen molar-refractivity contribution < 1.29 is 22.9 Å². The van der Waals surface area contributed by atoms with Crippen molar-refractivity contribution in [3.8, 4) is 5.75 Å². The van der Waals surface area contributed by atoms with Gasteiger partial charge in [-0.1, -0.05) is 6.07 Å². The first-order valence-corrected chi connectivity index (χ1v) is 8.40. The highest BCUT2D eigenvalue weighted by atomic mass is 32.2. The van der Waals surface area contributed by atoms with E-state index in [2.05, 4.69) is 0 Å². The zero-order chi connectivity index (χ0) is 16.2. The predicted octanol–water partition coefficient (Wildman–Crippen LogP) is 0.937. The van der Waals surface area contributed by atoms with Crippen molar-refractivity contribution in [3.63, 3.8) is 0 Å². The molecule has 1 N–H and O–H groups in total. The van der Waals surface area contributed by atoms with Gasteiger partial charge in [0.25, 0.3) is 10.0 Å². The SMILES string of the molecule is COc1cccc(N(O)S(=O)(=O)CCCn2cc[n+](C)c2)c1. The van der Waals surface area contributed by atoms with Crippen LogP contribution >= 0.6 is 0 Å². The van der Waals surface area contributed by atoms with Crippen LogP contribution in [0.2, 0.25) is 0 Å². The number of aryl methyl sites for hydroxylation is 2. The summed E-state index contributed by atoms with van der Waals surface area (Å²) in [5.41, 5.74) is 0.159. The maximum Gasteiger partial charge on any atom is 0.257 e. The first kappa shape index (κ1) is 16.3. The molecule has 120 valence electrons. The van der Waals surface area contributed by atoms with Crippen molar-refractivity contribution in [2.75, 3.05) is 17.3 Å². The Kier molecular flexibility index (Phi) is 5.04. The molecule has 2 aromatic rings. The number of hydrogen-bond acceptors (Lipinski definition) is 4. The lowest BCUT2D eigenvalue weighted by molar-refractivity contribution is -0.671. The largest absolute Gasteiger partial charge is 0.497 e. The van der Waals surface area contributed by atoms with E-state index >= 15 is 0 Å². The minimum Gasteiger partial charge on any atom is -0.497 e. The van der Waals surface area contributed by atoms with Crippen molar-refractivity contribution in [3.05, 3.63) is 43.0 Å². The molecule has 1 aromatic heterocycles. The van der Waals surface area contributed by atoms with Crippen LogP contribution in [0.4, 0.5) is 5.69 Å². The second-order valence-electron chi connectivity index (χ2n) is 4.93. The summed E-state index contributed by atoms with van der Waals surface area (Å²) in [5, 5.41) is 9.95. The van der Waals surface area contributed by atoms with E-state index in [4.69, 9.17) is 4.74 Å². The lowest BCUT2D eigenvalue weighted by atomic mass is 10.3. The van der Waals surface area contributed by atoms with Crippen molar-refractivity contribution in [2.45, 2.75) is 13.0 Å². The third-order valence-electron chi connectivity index (χ3n) is 3.18. The third kappa shape index (κ3) is 3.99. The average molecular weight is 326 g/mol. The van der Waals surface area contributed by atoms with Gasteiger partial charge in [0.2, 0.25) is 6.33 Å². The number of methoxy groups -OCH3 is 1. The normalized spacial score (nSPS) is 11.4. The van der Waals surface area contributed by atoms with Crippen molar-refractivity contribution >= 4 is 15.7 Å². The topological polar surface area (TPSA) is 75.7 Å². The Balaban J connectivity index is 1.99. The van der Waals surface area contributed by atoms with Crippen LogP contribution in [0.5, 0.6) is 5.75 Å². The Morgan fingerprint density at radius 2 is 2.18 bits per heavy atom. The standard InChI is InChI=1S/C14H20N3O4S/c1-15-8-9-16(12-15)7-4-10-22(19,20)17(18)13-5-3-6-14(11-13)21-2/h3,5-6,8-9,11-12,18H,4,7,10H2,1-2H3/q+1. The Labute approximate surface area is 130 Å². The number of aromatic nitrogens is 2. The molecule has 1 aromatic carbocycles. The summed E-state index contributed by atoms with van der Waals surface area (Å²) in [7, 11) is -0.416. The molecule has 0 bridgehead atoms. The molecule has 2 rings (SSSR count). The fourth-order valence-electron chi connectivity index (χ4n) is 2.04. The number of anilines is 1. The van der Waals surface area contributed by atoms with Gasteiger partial charge >= 0.3 is 0 Å². The maximum absolute atomic E-state index is 12.1. The van der Waals surface area contributed by atoms with Gasteiger partial charge in [-0.15, -0.1) is 4.47 Å². The van der Waals surface area contributed by atoms with E-state index in [1.54, 1.807) is 12.1 Å². The van der Waals surface area contributed by atoms with Crippen LogP contribution in [0.3, 0.4) is 0 Å². The van der Waals surface area contributed by atoms with Crippen LogP contribution < -0.4 is 13.8 Å². The summed E-state index contributed by atoms with van der Waals surface area (Å²) in [6.07, 6.45) is 6.01. The smallest absolute Gasteiger partial charge is 0.257 e. The minimum absolute atomic E-state index is 0.150. The highest BCUT2D eigenvalue weighted by Crippen LogP contribution is 2.22. The molecule has 0 aliphatic heterocycles. The van der Waals surface area contributed by atoms with E-state index < -0.39 is 10.0 Å². The molecule has 0 fully saturated rings. The molecule has 0 spiro atoms. The highest BCUT2D eigenvalue weighted by Gasteiger charge is 2.21. The highest BCUT2D eigenvalue weighted by molar-refractivity contribution is 7.92. The van der Waals surface area contributed by atoms with Gasteiger partial charge < -0.3 is 4.74 Å². The molecular formula is C14H20N3O4S+. The van der Waals surface area contributed by atoms with E-state index in [9.17, 15) is 13.6 Å². The maximum atomic E-state index is 12.1.